The molecular formula is C17H15FN6. The molecule has 0 atom stereocenters. The molecule has 0 aliphatic heterocycles. The number of H-pyrrole nitrogens is 2. The summed E-state index contributed by atoms with van der Waals surface area (Å²) < 4.78 is 13.1. The lowest BCUT2D eigenvalue weighted by Gasteiger charge is -2.18. The molecule has 0 fully saturated rings. The molecule has 0 saturated carbocycles. The number of aromatic amines is 2. The molecule has 0 radical (unpaired) electrons. The van der Waals surface area contributed by atoms with Gasteiger partial charge in [-0.2, -0.15) is 5.10 Å². The van der Waals surface area contributed by atoms with Gasteiger partial charge in [0.1, 0.15) is 23.6 Å². The van der Waals surface area contributed by atoms with Crippen LogP contribution in [0.25, 0.3) is 22.3 Å². The number of hydrogen-bond donors (Lipinski definition) is 2. The van der Waals surface area contributed by atoms with Crippen LogP contribution in [0.2, 0.25) is 0 Å². The highest BCUT2D eigenvalue weighted by Gasteiger charge is 2.14. The average Bonchev–Trinajstić information content (AvgIpc) is 3.24. The zero-order valence-corrected chi connectivity index (χ0v) is 13.0. The van der Waals surface area contributed by atoms with Gasteiger partial charge in [-0.05, 0) is 30.3 Å². The lowest BCUT2D eigenvalue weighted by atomic mass is 10.1. The van der Waals surface area contributed by atoms with Gasteiger partial charge in [0.05, 0.1) is 17.3 Å². The Balaban J connectivity index is 1.65. The zero-order valence-electron chi connectivity index (χ0n) is 13.0. The second-order valence-corrected chi connectivity index (χ2v) is 5.57. The number of anilines is 1. The number of rotatable bonds is 4. The monoisotopic (exact) mass is 322 g/mol. The van der Waals surface area contributed by atoms with Gasteiger partial charge in [0, 0.05) is 30.9 Å². The Morgan fingerprint density at radius 1 is 1.12 bits per heavy atom. The Morgan fingerprint density at radius 3 is 2.79 bits per heavy atom. The second kappa shape index (κ2) is 5.77. The molecule has 0 unspecified atom stereocenters. The van der Waals surface area contributed by atoms with Crippen LogP contribution in [-0.4, -0.2) is 32.2 Å². The maximum absolute atomic E-state index is 13.1. The number of halogens is 1. The molecule has 120 valence electrons. The van der Waals surface area contributed by atoms with E-state index in [-0.39, 0.29) is 5.82 Å². The van der Waals surface area contributed by atoms with Crippen molar-refractivity contribution in [3.05, 3.63) is 60.4 Å². The maximum atomic E-state index is 13.1. The molecule has 0 aliphatic rings. The smallest absolute Gasteiger partial charge is 0.142 e. The van der Waals surface area contributed by atoms with E-state index >= 15 is 0 Å². The van der Waals surface area contributed by atoms with Crippen molar-refractivity contribution in [1.29, 1.82) is 0 Å². The van der Waals surface area contributed by atoms with Crippen molar-refractivity contribution in [1.82, 2.24) is 25.1 Å². The van der Waals surface area contributed by atoms with Crippen LogP contribution in [0.4, 0.5) is 10.2 Å². The van der Waals surface area contributed by atoms with Gasteiger partial charge >= 0.3 is 0 Å². The minimum absolute atomic E-state index is 0.257. The second-order valence-electron chi connectivity index (χ2n) is 5.57. The summed E-state index contributed by atoms with van der Waals surface area (Å²) in [4.78, 5) is 13.7. The first kappa shape index (κ1) is 14.4. The van der Waals surface area contributed by atoms with Gasteiger partial charge in [0.25, 0.3) is 0 Å². The summed E-state index contributed by atoms with van der Waals surface area (Å²) in [5.41, 5.74) is 3.58. The van der Waals surface area contributed by atoms with Gasteiger partial charge in [-0.3, -0.25) is 5.10 Å². The van der Waals surface area contributed by atoms with E-state index in [1.807, 2.05) is 24.2 Å². The van der Waals surface area contributed by atoms with Crippen LogP contribution in [0, 0.1) is 5.82 Å². The number of nitrogens with one attached hydrogen (secondary N) is 2. The van der Waals surface area contributed by atoms with Crippen molar-refractivity contribution < 1.29 is 4.39 Å². The average molecular weight is 322 g/mol. The summed E-state index contributed by atoms with van der Waals surface area (Å²) >= 11 is 0. The van der Waals surface area contributed by atoms with E-state index in [0.29, 0.717) is 6.54 Å². The zero-order chi connectivity index (χ0) is 16.5. The van der Waals surface area contributed by atoms with Crippen molar-refractivity contribution in [3.8, 4) is 11.3 Å². The van der Waals surface area contributed by atoms with E-state index in [0.717, 1.165) is 33.7 Å². The number of aromatic nitrogens is 5. The predicted octanol–water partition coefficient (Wildman–Crippen LogP) is 3.12. The molecule has 4 aromatic rings. The van der Waals surface area contributed by atoms with Gasteiger partial charge < -0.3 is 9.88 Å². The van der Waals surface area contributed by atoms with E-state index in [1.165, 1.54) is 12.1 Å². The molecule has 4 rings (SSSR count). The van der Waals surface area contributed by atoms with Gasteiger partial charge in [-0.15, -0.1) is 0 Å². The van der Waals surface area contributed by atoms with E-state index in [1.54, 1.807) is 24.7 Å². The van der Waals surface area contributed by atoms with Crippen molar-refractivity contribution >= 4 is 16.9 Å². The maximum Gasteiger partial charge on any atom is 0.142 e. The summed E-state index contributed by atoms with van der Waals surface area (Å²) in [6.07, 6.45) is 5.17. The Bertz CT molecular complexity index is 972. The van der Waals surface area contributed by atoms with Gasteiger partial charge in [-0.25, -0.2) is 14.4 Å². The fraction of sp³-hybridized carbons (Fsp3) is 0.118. The highest BCUT2D eigenvalue weighted by atomic mass is 19.1. The standard InChI is InChI=1S/C17H15FN6/c1-24(17-14-6-7-19-16(14)20-10-21-17)9-12-8-22-23-15(12)11-2-4-13(18)5-3-11/h2-8,10H,9H2,1H3,(H,22,23)(H,19,20,21). The molecule has 6 nitrogen and oxygen atoms in total. The minimum Gasteiger partial charge on any atom is -0.355 e. The van der Waals surface area contributed by atoms with Gasteiger partial charge in [0.15, 0.2) is 0 Å². The molecule has 7 heteroatoms. The molecule has 1 aromatic carbocycles. The third kappa shape index (κ3) is 2.50. The lowest BCUT2D eigenvalue weighted by Crippen LogP contribution is -2.18. The summed E-state index contributed by atoms with van der Waals surface area (Å²) in [5, 5.41) is 8.09. The Kier molecular flexibility index (Phi) is 3.45. The SMILES string of the molecule is CN(Cc1cn[nH]c1-c1ccc(F)cc1)c1ncnc2[nH]ccc12. The lowest BCUT2D eigenvalue weighted by molar-refractivity contribution is 0.628. The third-order valence-corrected chi connectivity index (χ3v) is 3.95. The summed E-state index contributed by atoms with van der Waals surface area (Å²) in [7, 11) is 1.97. The van der Waals surface area contributed by atoms with E-state index in [4.69, 9.17) is 0 Å². The van der Waals surface area contributed by atoms with Crippen LogP contribution in [0.15, 0.2) is 49.1 Å². The van der Waals surface area contributed by atoms with E-state index in [2.05, 4.69) is 25.1 Å². The first-order chi connectivity index (χ1) is 11.7. The van der Waals surface area contributed by atoms with E-state index in [9.17, 15) is 4.39 Å². The predicted molar refractivity (Wildman–Crippen MR) is 90.0 cm³/mol. The van der Waals surface area contributed by atoms with Crippen LogP contribution in [0.3, 0.4) is 0 Å². The molecule has 0 saturated heterocycles. The Morgan fingerprint density at radius 2 is 1.96 bits per heavy atom. The molecule has 0 amide bonds. The van der Waals surface area contributed by atoms with Crippen molar-refractivity contribution in [3.63, 3.8) is 0 Å². The fourth-order valence-corrected chi connectivity index (χ4v) is 2.79. The third-order valence-electron chi connectivity index (χ3n) is 3.95. The van der Waals surface area contributed by atoms with E-state index < -0.39 is 0 Å². The normalized spacial score (nSPS) is 11.1. The van der Waals surface area contributed by atoms with Crippen LogP contribution >= 0.6 is 0 Å². The number of benzene rings is 1. The summed E-state index contributed by atoms with van der Waals surface area (Å²) in [6, 6.07) is 8.31. The largest absolute Gasteiger partial charge is 0.355 e. The molecular weight excluding hydrogens is 307 g/mol. The number of hydrogen-bond acceptors (Lipinski definition) is 4. The van der Waals surface area contributed by atoms with Crippen molar-refractivity contribution in [2.24, 2.45) is 0 Å². The molecule has 3 heterocycles. The van der Waals surface area contributed by atoms with Gasteiger partial charge in [-0.1, -0.05) is 0 Å². The van der Waals surface area contributed by atoms with Crippen LogP contribution in [-0.2, 0) is 6.54 Å². The molecule has 3 aromatic heterocycles. The Labute approximate surface area is 137 Å². The molecule has 24 heavy (non-hydrogen) atoms. The van der Waals surface area contributed by atoms with Crippen LogP contribution < -0.4 is 4.90 Å². The quantitative estimate of drug-likeness (QED) is 0.605. The fourth-order valence-electron chi connectivity index (χ4n) is 2.79. The van der Waals surface area contributed by atoms with Gasteiger partial charge in [0.2, 0.25) is 0 Å². The topological polar surface area (TPSA) is 73.5 Å². The minimum atomic E-state index is -0.257. The molecule has 2 N–H and O–H groups in total. The number of fused-ring (bicyclic) bond motifs is 1. The highest BCUT2D eigenvalue weighted by Crippen LogP contribution is 2.26. The van der Waals surface area contributed by atoms with Crippen molar-refractivity contribution in [2.75, 3.05) is 11.9 Å². The van der Waals surface area contributed by atoms with Crippen LogP contribution in [0.1, 0.15) is 5.56 Å². The molecule has 0 bridgehead atoms. The first-order valence-corrected chi connectivity index (χ1v) is 7.50. The first-order valence-electron chi connectivity index (χ1n) is 7.50. The van der Waals surface area contributed by atoms with Crippen LogP contribution in [0.5, 0.6) is 0 Å². The summed E-state index contributed by atoms with van der Waals surface area (Å²) in [6.45, 7) is 0.612. The summed E-state index contributed by atoms with van der Waals surface area (Å²) in [5.74, 6) is 0.584. The Hall–Kier alpha value is -3.22. The molecule has 0 spiro atoms. The highest BCUT2D eigenvalue weighted by molar-refractivity contribution is 5.87. The molecule has 0 aliphatic carbocycles. The number of nitrogens with zero attached hydrogens (tertiary/aromatic N) is 4. The van der Waals surface area contributed by atoms with Crippen molar-refractivity contribution in [2.45, 2.75) is 6.54 Å².